The Morgan fingerprint density at radius 1 is 1.33 bits per heavy atom. The first-order chi connectivity index (χ1) is 7.20. The van der Waals surface area contributed by atoms with Gasteiger partial charge in [0, 0.05) is 17.4 Å². The first-order valence-corrected chi connectivity index (χ1v) is 6.26. The lowest BCUT2D eigenvalue weighted by Gasteiger charge is -2.18. The second-order valence-corrected chi connectivity index (χ2v) is 4.11. The number of thioether (sulfide) groups is 1. The Balaban J connectivity index is 2.98. The number of hydrogen-bond acceptors (Lipinski definition) is 2. The first kappa shape index (κ1) is 12.5. The molecule has 0 saturated carbocycles. The van der Waals surface area contributed by atoms with E-state index in [-0.39, 0.29) is 11.6 Å². The Kier molecular flexibility index (Phi) is 5.05. The molecule has 4 heteroatoms. The lowest BCUT2D eigenvalue weighted by atomic mass is 10.1. The van der Waals surface area contributed by atoms with Crippen LogP contribution in [0.5, 0.6) is 0 Å². The van der Waals surface area contributed by atoms with Crippen molar-refractivity contribution in [2.45, 2.75) is 13.0 Å². The van der Waals surface area contributed by atoms with E-state index in [2.05, 4.69) is 5.32 Å². The maximum atomic E-state index is 13.5. The van der Waals surface area contributed by atoms with E-state index in [9.17, 15) is 8.78 Å². The fraction of sp³-hybridized carbons (Fsp3) is 0.455. The van der Waals surface area contributed by atoms with Crippen molar-refractivity contribution in [3.8, 4) is 0 Å². The second-order valence-electron chi connectivity index (χ2n) is 3.20. The van der Waals surface area contributed by atoms with Crippen molar-refractivity contribution in [1.82, 2.24) is 5.32 Å². The molecule has 1 unspecified atom stereocenters. The van der Waals surface area contributed by atoms with Crippen LogP contribution in [0.4, 0.5) is 8.78 Å². The Hall–Kier alpha value is -0.610. The van der Waals surface area contributed by atoms with Crippen molar-refractivity contribution in [2.24, 2.45) is 0 Å². The smallest absolute Gasteiger partial charge is 0.130 e. The summed E-state index contributed by atoms with van der Waals surface area (Å²) in [5, 5.41) is 3.08. The highest BCUT2D eigenvalue weighted by atomic mass is 32.2. The van der Waals surface area contributed by atoms with Crippen LogP contribution in [0, 0.1) is 11.6 Å². The molecule has 0 aliphatic heterocycles. The quantitative estimate of drug-likeness (QED) is 0.836. The monoisotopic (exact) mass is 231 g/mol. The van der Waals surface area contributed by atoms with Crippen molar-refractivity contribution in [1.29, 1.82) is 0 Å². The van der Waals surface area contributed by atoms with E-state index in [1.165, 1.54) is 18.2 Å². The molecule has 1 aromatic rings. The van der Waals surface area contributed by atoms with Crippen LogP contribution >= 0.6 is 11.8 Å². The summed E-state index contributed by atoms with van der Waals surface area (Å²) in [7, 11) is 0. The molecule has 1 N–H and O–H groups in total. The van der Waals surface area contributed by atoms with Gasteiger partial charge in [0.1, 0.15) is 11.6 Å². The number of nitrogens with one attached hydrogen (secondary N) is 1. The lowest BCUT2D eigenvalue weighted by Crippen LogP contribution is -2.25. The highest BCUT2D eigenvalue weighted by Crippen LogP contribution is 2.23. The maximum Gasteiger partial charge on any atom is 0.130 e. The summed E-state index contributed by atoms with van der Waals surface area (Å²) < 4.78 is 26.9. The van der Waals surface area contributed by atoms with E-state index < -0.39 is 11.6 Å². The minimum atomic E-state index is -0.477. The van der Waals surface area contributed by atoms with Gasteiger partial charge in [0.2, 0.25) is 0 Å². The van der Waals surface area contributed by atoms with Crippen LogP contribution in [0.2, 0.25) is 0 Å². The molecule has 0 spiro atoms. The number of benzene rings is 1. The van der Waals surface area contributed by atoms with Gasteiger partial charge in [-0.2, -0.15) is 11.8 Å². The number of hydrogen-bond donors (Lipinski definition) is 1. The molecule has 1 nitrogen and oxygen atoms in total. The summed E-state index contributed by atoms with van der Waals surface area (Å²) in [5.74, 6) is -0.295. The molecular formula is C11H15F2NS. The Labute approximate surface area is 93.3 Å². The number of halogens is 2. The fourth-order valence-electron chi connectivity index (χ4n) is 1.50. The van der Waals surface area contributed by atoms with Crippen LogP contribution in [0.25, 0.3) is 0 Å². The minimum Gasteiger partial charge on any atom is -0.309 e. The van der Waals surface area contributed by atoms with Gasteiger partial charge in [-0.25, -0.2) is 8.78 Å². The second kappa shape index (κ2) is 6.08. The van der Waals surface area contributed by atoms with Crippen LogP contribution in [0.15, 0.2) is 18.2 Å². The van der Waals surface area contributed by atoms with Crippen LogP contribution in [0.3, 0.4) is 0 Å². The minimum absolute atomic E-state index is 0.147. The van der Waals surface area contributed by atoms with Gasteiger partial charge in [-0.15, -0.1) is 0 Å². The van der Waals surface area contributed by atoms with E-state index in [4.69, 9.17) is 0 Å². The highest BCUT2D eigenvalue weighted by Gasteiger charge is 2.18. The molecule has 0 amide bonds. The molecule has 0 heterocycles. The van der Waals surface area contributed by atoms with E-state index in [0.29, 0.717) is 12.3 Å². The lowest BCUT2D eigenvalue weighted by molar-refractivity contribution is 0.500. The average Bonchev–Trinajstić information content (AvgIpc) is 2.18. The SMILES string of the molecule is CCNC(CSC)c1c(F)cccc1F. The summed E-state index contributed by atoms with van der Waals surface area (Å²) >= 11 is 1.57. The van der Waals surface area contributed by atoms with Gasteiger partial charge < -0.3 is 5.32 Å². The van der Waals surface area contributed by atoms with Crippen molar-refractivity contribution >= 4 is 11.8 Å². The summed E-state index contributed by atoms with van der Waals surface area (Å²) in [6, 6.07) is 3.72. The Morgan fingerprint density at radius 3 is 2.40 bits per heavy atom. The molecule has 84 valence electrons. The Morgan fingerprint density at radius 2 is 1.93 bits per heavy atom. The van der Waals surface area contributed by atoms with Crippen LogP contribution < -0.4 is 5.32 Å². The zero-order chi connectivity index (χ0) is 11.3. The molecule has 15 heavy (non-hydrogen) atoms. The number of rotatable bonds is 5. The molecule has 0 aliphatic rings. The highest BCUT2D eigenvalue weighted by molar-refractivity contribution is 7.98. The predicted octanol–water partition coefficient (Wildman–Crippen LogP) is 2.98. The van der Waals surface area contributed by atoms with Crippen LogP contribution in [-0.2, 0) is 0 Å². The zero-order valence-corrected chi connectivity index (χ0v) is 9.70. The summed E-state index contributed by atoms with van der Waals surface area (Å²) in [5.41, 5.74) is 0.147. The average molecular weight is 231 g/mol. The van der Waals surface area contributed by atoms with Gasteiger partial charge in [-0.05, 0) is 24.9 Å². The molecule has 1 rings (SSSR count). The third kappa shape index (κ3) is 3.18. The van der Waals surface area contributed by atoms with Crippen molar-refractivity contribution in [3.05, 3.63) is 35.4 Å². The van der Waals surface area contributed by atoms with Gasteiger partial charge in [-0.3, -0.25) is 0 Å². The zero-order valence-electron chi connectivity index (χ0n) is 8.89. The van der Waals surface area contributed by atoms with Crippen molar-refractivity contribution in [2.75, 3.05) is 18.6 Å². The van der Waals surface area contributed by atoms with E-state index in [1.54, 1.807) is 11.8 Å². The van der Waals surface area contributed by atoms with Crippen molar-refractivity contribution in [3.63, 3.8) is 0 Å². The van der Waals surface area contributed by atoms with Crippen LogP contribution in [0.1, 0.15) is 18.5 Å². The third-order valence-electron chi connectivity index (χ3n) is 2.13. The molecule has 0 aromatic heterocycles. The van der Waals surface area contributed by atoms with Gasteiger partial charge in [-0.1, -0.05) is 13.0 Å². The first-order valence-electron chi connectivity index (χ1n) is 4.87. The molecule has 1 atom stereocenters. The normalized spacial score (nSPS) is 12.8. The fourth-order valence-corrected chi connectivity index (χ4v) is 2.12. The van der Waals surface area contributed by atoms with Crippen molar-refractivity contribution < 1.29 is 8.78 Å². The summed E-state index contributed by atoms with van der Waals surface area (Å²) in [6.07, 6.45) is 1.92. The van der Waals surface area contributed by atoms with Gasteiger partial charge in [0.25, 0.3) is 0 Å². The predicted molar refractivity (Wildman–Crippen MR) is 61.2 cm³/mol. The molecule has 1 aromatic carbocycles. The molecule has 0 bridgehead atoms. The van der Waals surface area contributed by atoms with Gasteiger partial charge >= 0.3 is 0 Å². The molecular weight excluding hydrogens is 216 g/mol. The summed E-state index contributed by atoms with van der Waals surface area (Å²) in [6.45, 7) is 2.62. The Bertz CT molecular complexity index is 291. The van der Waals surface area contributed by atoms with E-state index >= 15 is 0 Å². The molecule has 0 saturated heterocycles. The summed E-state index contributed by atoms with van der Waals surface area (Å²) in [4.78, 5) is 0. The maximum absolute atomic E-state index is 13.5. The third-order valence-corrected chi connectivity index (χ3v) is 2.80. The largest absolute Gasteiger partial charge is 0.309 e. The van der Waals surface area contributed by atoms with Gasteiger partial charge in [0.05, 0.1) is 0 Å². The van der Waals surface area contributed by atoms with Gasteiger partial charge in [0.15, 0.2) is 0 Å². The standard InChI is InChI=1S/C11H15F2NS/c1-3-14-10(7-15-2)11-8(12)5-4-6-9(11)13/h4-6,10,14H,3,7H2,1-2H3. The molecule has 0 aliphatic carbocycles. The van der Waals surface area contributed by atoms with E-state index in [1.807, 2.05) is 13.2 Å². The van der Waals surface area contributed by atoms with E-state index in [0.717, 1.165) is 0 Å². The molecule has 0 radical (unpaired) electrons. The van der Waals surface area contributed by atoms with Crippen LogP contribution in [-0.4, -0.2) is 18.6 Å². The molecule has 0 fully saturated rings. The topological polar surface area (TPSA) is 12.0 Å².